The molecule has 6 unspecified atom stereocenters. The number of rotatable bonds is 12. The first-order chi connectivity index (χ1) is 13.1. The highest BCUT2D eigenvalue weighted by Crippen LogP contribution is 2.37. The lowest BCUT2D eigenvalue weighted by Crippen LogP contribution is -2.42. The highest BCUT2D eigenvalue weighted by molar-refractivity contribution is 5.37. The fraction of sp³-hybridized carbons (Fsp3) is 0.800. The first-order valence-corrected chi connectivity index (χ1v) is 9.40. The van der Waals surface area contributed by atoms with E-state index in [1.807, 2.05) is 13.8 Å². The van der Waals surface area contributed by atoms with Gasteiger partial charge in [-0.3, -0.25) is 0 Å². The van der Waals surface area contributed by atoms with Gasteiger partial charge in [0, 0.05) is 5.92 Å². The van der Waals surface area contributed by atoms with Crippen molar-refractivity contribution in [2.45, 2.75) is 72.5 Å². The van der Waals surface area contributed by atoms with Crippen LogP contribution in [0, 0.1) is 23.2 Å². The molecule has 0 aliphatic rings. The van der Waals surface area contributed by atoms with Gasteiger partial charge in [0.05, 0.1) is 24.7 Å². The molecule has 0 heterocycles. The number of isocyanates is 4. The minimum absolute atomic E-state index is 0.0127. The number of nitrogens with zero attached hydrogens (tertiary/aromatic N) is 4. The van der Waals surface area contributed by atoms with Crippen LogP contribution in [0.4, 0.5) is 0 Å². The minimum atomic E-state index is -0.712. The standard InChI is InChI=1S/C20H30N4O4/c1-14(16(3)20(4,5)6)18(23-12-27)15(2)19(24-13-28)17(22-11-26)8-7-9-21-10-25/h14-19H,7-9H2,1-6H3. The Morgan fingerprint density at radius 3 is 1.75 bits per heavy atom. The molecular weight excluding hydrogens is 360 g/mol. The molecule has 0 aromatic heterocycles. The Kier molecular flexibility index (Phi) is 11.7. The van der Waals surface area contributed by atoms with Gasteiger partial charge in [-0.05, 0) is 30.1 Å². The van der Waals surface area contributed by atoms with Crippen molar-refractivity contribution in [1.29, 1.82) is 0 Å². The van der Waals surface area contributed by atoms with Gasteiger partial charge in [-0.1, -0.05) is 41.5 Å². The van der Waals surface area contributed by atoms with Crippen LogP contribution in [0.25, 0.3) is 0 Å². The van der Waals surface area contributed by atoms with Gasteiger partial charge in [-0.2, -0.15) is 4.99 Å². The molecule has 6 atom stereocenters. The summed E-state index contributed by atoms with van der Waals surface area (Å²) in [5.74, 6) is -0.187. The molecule has 0 rings (SSSR count). The van der Waals surface area contributed by atoms with Crippen LogP contribution in [-0.2, 0) is 19.2 Å². The Morgan fingerprint density at radius 2 is 1.29 bits per heavy atom. The molecule has 8 nitrogen and oxygen atoms in total. The quantitative estimate of drug-likeness (QED) is 0.289. The molecule has 0 radical (unpaired) electrons. The molecule has 0 spiro atoms. The topological polar surface area (TPSA) is 118 Å². The van der Waals surface area contributed by atoms with Crippen molar-refractivity contribution in [2.75, 3.05) is 6.54 Å². The van der Waals surface area contributed by atoms with Crippen LogP contribution in [0.1, 0.15) is 54.4 Å². The maximum absolute atomic E-state index is 11.1. The maximum Gasteiger partial charge on any atom is 0.235 e. The van der Waals surface area contributed by atoms with Crippen molar-refractivity contribution in [3.8, 4) is 0 Å². The van der Waals surface area contributed by atoms with Gasteiger partial charge in [0.2, 0.25) is 24.3 Å². The second kappa shape index (κ2) is 12.8. The van der Waals surface area contributed by atoms with Crippen molar-refractivity contribution >= 4 is 24.3 Å². The minimum Gasteiger partial charge on any atom is -0.211 e. The lowest BCUT2D eigenvalue weighted by atomic mass is 9.69. The predicted octanol–water partition coefficient (Wildman–Crippen LogP) is 3.17. The Morgan fingerprint density at radius 1 is 0.750 bits per heavy atom. The van der Waals surface area contributed by atoms with Crippen LogP contribution in [0.5, 0.6) is 0 Å². The molecule has 8 heteroatoms. The highest BCUT2D eigenvalue weighted by Gasteiger charge is 2.38. The zero-order chi connectivity index (χ0) is 21.7. The lowest BCUT2D eigenvalue weighted by molar-refractivity contribution is 0.138. The number of aliphatic imine (C=N–C) groups is 4. The molecule has 28 heavy (non-hydrogen) atoms. The van der Waals surface area contributed by atoms with E-state index >= 15 is 0 Å². The Balaban J connectivity index is 5.83. The number of hydrogen-bond acceptors (Lipinski definition) is 8. The second-order valence-corrected chi connectivity index (χ2v) is 8.20. The summed E-state index contributed by atoms with van der Waals surface area (Å²) >= 11 is 0. The van der Waals surface area contributed by atoms with Gasteiger partial charge in [0.1, 0.15) is 0 Å². The highest BCUT2D eigenvalue weighted by atomic mass is 16.1. The van der Waals surface area contributed by atoms with Crippen LogP contribution in [0.3, 0.4) is 0 Å². The van der Waals surface area contributed by atoms with Crippen molar-refractivity contribution in [3.05, 3.63) is 0 Å². The van der Waals surface area contributed by atoms with Gasteiger partial charge in [-0.15, -0.1) is 0 Å². The van der Waals surface area contributed by atoms with Gasteiger partial charge < -0.3 is 0 Å². The van der Waals surface area contributed by atoms with E-state index in [0.29, 0.717) is 12.8 Å². The molecule has 0 N–H and O–H groups in total. The van der Waals surface area contributed by atoms with Crippen LogP contribution in [0.2, 0.25) is 0 Å². The Labute approximate surface area is 166 Å². The van der Waals surface area contributed by atoms with Gasteiger partial charge in [0.15, 0.2) is 0 Å². The summed E-state index contributed by atoms with van der Waals surface area (Å²) in [5.41, 5.74) is -0.0214. The molecule has 0 fully saturated rings. The first kappa shape index (κ1) is 25.5. The zero-order valence-electron chi connectivity index (χ0n) is 17.5. The number of carbonyl (C=O) groups excluding carboxylic acids is 4. The van der Waals surface area contributed by atoms with E-state index in [-0.39, 0.29) is 29.7 Å². The largest absolute Gasteiger partial charge is 0.235 e. The molecule has 0 aliphatic heterocycles. The third-order valence-electron chi connectivity index (χ3n) is 5.62. The fourth-order valence-electron chi connectivity index (χ4n) is 3.48. The first-order valence-electron chi connectivity index (χ1n) is 9.40. The van der Waals surface area contributed by atoms with Crippen molar-refractivity contribution in [1.82, 2.24) is 0 Å². The van der Waals surface area contributed by atoms with E-state index in [2.05, 4.69) is 47.7 Å². The van der Waals surface area contributed by atoms with E-state index in [1.54, 1.807) is 12.2 Å². The summed E-state index contributed by atoms with van der Waals surface area (Å²) < 4.78 is 0. The maximum atomic E-state index is 11.1. The van der Waals surface area contributed by atoms with Crippen molar-refractivity contribution < 1.29 is 19.2 Å². The van der Waals surface area contributed by atoms with Crippen LogP contribution in [0.15, 0.2) is 20.0 Å². The molecule has 0 saturated heterocycles. The summed E-state index contributed by atoms with van der Waals surface area (Å²) in [4.78, 5) is 58.4. The van der Waals surface area contributed by atoms with E-state index in [0.717, 1.165) is 0 Å². The van der Waals surface area contributed by atoms with Crippen LogP contribution >= 0.6 is 0 Å². The Bertz CT molecular complexity index is 677. The molecule has 0 aromatic carbocycles. The van der Waals surface area contributed by atoms with Gasteiger partial charge in [0.25, 0.3) is 0 Å². The average molecular weight is 390 g/mol. The molecule has 0 bridgehead atoms. The summed E-state index contributed by atoms with van der Waals surface area (Å²) in [7, 11) is 0. The summed E-state index contributed by atoms with van der Waals surface area (Å²) in [5, 5.41) is 0. The van der Waals surface area contributed by atoms with Crippen LogP contribution < -0.4 is 0 Å². The molecule has 0 aliphatic carbocycles. The van der Waals surface area contributed by atoms with Gasteiger partial charge in [-0.25, -0.2) is 34.2 Å². The smallest absolute Gasteiger partial charge is 0.211 e. The third-order valence-corrected chi connectivity index (χ3v) is 5.62. The molecule has 154 valence electrons. The summed E-state index contributed by atoms with van der Waals surface area (Å²) in [6.07, 6.45) is 6.96. The van der Waals surface area contributed by atoms with E-state index in [9.17, 15) is 19.2 Å². The summed E-state index contributed by atoms with van der Waals surface area (Å²) in [6.45, 7) is 12.4. The molecule has 0 aromatic rings. The lowest BCUT2D eigenvalue weighted by Gasteiger charge is -2.38. The normalized spacial score (nSPS) is 17.2. The van der Waals surface area contributed by atoms with E-state index in [4.69, 9.17) is 0 Å². The van der Waals surface area contributed by atoms with E-state index < -0.39 is 18.1 Å². The fourth-order valence-corrected chi connectivity index (χ4v) is 3.48. The van der Waals surface area contributed by atoms with Crippen LogP contribution in [-0.4, -0.2) is 49.0 Å². The third kappa shape index (κ3) is 8.04. The molecular formula is C20H30N4O4. The second-order valence-electron chi connectivity index (χ2n) is 8.20. The van der Waals surface area contributed by atoms with E-state index in [1.165, 1.54) is 12.2 Å². The average Bonchev–Trinajstić information content (AvgIpc) is 2.64. The molecule has 0 saturated carbocycles. The Hall–Kier alpha value is -2.48. The number of hydrogen-bond donors (Lipinski definition) is 0. The summed E-state index contributed by atoms with van der Waals surface area (Å²) in [6, 6.07) is -1.83. The SMILES string of the molecule is CC(C(N=C=O)C(CCCN=C=O)N=C=O)C(N=C=O)C(C)C(C)C(C)(C)C. The predicted molar refractivity (Wildman–Crippen MR) is 105 cm³/mol. The zero-order valence-corrected chi connectivity index (χ0v) is 17.5. The van der Waals surface area contributed by atoms with Crippen molar-refractivity contribution in [2.24, 2.45) is 43.1 Å². The molecule has 0 amide bonds. The van der Waals surface area contributed by atoms with Crippen molar-refractivity contribution in [3.63, 3.8) is 0 Å². The monoisotopic (exact) mass is 390 g/mol. The van der Waals surface area contributed by atoms with Gasteiger partial charge >= 0.3 is 0 Å².